The molecule has 0 saturated heterocycles. The third-order valence-electron chi connectivity index (χ3n) is 2.35. The fourth-order valence-corrected chi connectivity index (χ4v) is 2.09. The highest BCUT2D eigenvalue weighted by Gasteiger charge is 2.07. The smallest absolute Gasteiger partial charge is 0.323 e. The summed E-state index contributed by atoms with van der Waals surface area (Å²) in [5.41, 5.74) is 2.05. The summed E-state index contributed by atoms with van der Waals surface area (Å²) < 4.78 is 2.76. The van der Waals surface area contributed by atoms with Crippen molar-refractivity contribution in [3.63, 3.8) is 0 Å². The van der Waals surface area contributed by atoms with Crippen LogP contribution in [0, 0.1) is 6.92 Å². The van der Waals surface area contributed by atoms with E-state index in [1.807, 2.05) is 31.3 Å². The van der Waals surface area contributed by atoms with E-state index in [2.05, 4.69) is 15.9 Å². The van der Waals surface area contributed by atoms with E-state index in [1.165, 1.54) is 0 Å². The Labute approximate surface area is 95.5 Å². The number of rotatable bonds is 2. The fraction of sp³-hybridized carbons (Fsp3) is 0.182. The number of carbonyl (C=O) groups is 1. The van der Waals surface area contributed by atoms with Crippen LogP contribution >= 0.6 is 15.9 Å². The summed E-state index contributed by atoms with van der Waals surface area (Å²) in [4.78, 5) is 10.7. The van der Waals surface area contributed by atoms with Gasteiger partial charge in [-0.2, -0.15) is 0 Å². The standard InChI is InChI=1S/C11H10BrNO2/c1-7-5-13(6-11(14)15)10-3-2-8(12)4-9(7)10/h2-5H,6H2,1H3,(H,14,15). The Balaban J connectivity index is 2.62. The molecular formula is C11H10BrNO2. The normalized spacial score (nSPS) is 10.8. The van der Waals surface area contributed by atoms with Gasteiger partial charge in [0.1, 0.15) is 6.54 Å². The number of aliphatic carboxylic acids is 1. The quantitative estimate of drug-likeness (QED) is 0.909. The van der Waals surface area contributed by atoms with Crippen LogP contribution in [0.15, 0.2) is 28.9 Å². The van der Waals surface area contributed by atoms with Crippen LogP contribution in [-0.4, -0.2) is 15.6 Å². The highest BCUT2D eigenvalue weighted by atomic mass is 79.9. The van der Waals surface area contributed by atoms with Gasteiger partial charge in [0.25, 0.3) is 0 Å². The molecule has 3 nitrogen and oxygen atoms in total. The lowest BCUT2D eigenvalue weighted by molar-refractivity contribution is -0.137. The molecule has 0 atom stereocenters. The number of aromatic nitrogens is 1. The zero-order valence-corrected chi connectivity index (χ0v) is 9.78. The van der Waals surface area contributed by atoms with E-state index in [-0.39, 0.29) is 6.54 Å². The molecule has 0 aliphatic heterocycles. The topological polar surface area (TPSA) is 42.2 Å². The molecular weight excluding hydrogens is 258 g/mol. The van der Waals surface area contributed by atoms with E-state index in [1.54, 1.807) is 4.57 Å². The summed E-state index contributed by atoms with van der Waals surface area (Å²) in [5.74, 6) is -0.824. The average molecular weight is 268 g/mol. The van der Waals surface area contributed by atoms with Crippen LogP contribution in [0.3, 0.4) is 0 Å². The minimum absolute atomic E-state index is 0.00592. The molecule has 0 amide bonds. The number of benzene rings is 1. The summed E-state index contributed by atoms with van der Waals surface area (Å²) in [6.07, 6.45) is 1.87. The van der Waals surface area contributed by atoms with Crippen molar-refractivity contribution in [1.82, 2.24) is 4.57 Å². The predicted octanol–water partition coefficient (Wildman–Crippen LogP) is 2.80. The molecule has 78 valence electrons. The van der Waals surface area contributed by atoms with E-state index in [9.17, 15) is 4.79 Å². The summed E-state index contributed by atoms with van der Waals surface area (Å²) >= 11 is 3.40. The van der Waals surface area contributed by atoms with Crippen molar-refractivity contribution in [2.45, 2.75) is 13.5 Å². The van der Waals surface area contributed by atoms with Crippen molar-refractivity contribution in [1.29, 1.82) is 0 Å². The molecule has 0 unspecified atom stereocenters. The first-order valence-corrected chi connectivity index (χ1v) is 5.34. The summed E-state index contributed by atoms with van der Waals surface area (Å²) in [5, 5.41) is 9.85. The SMILES string of the molecule is Cc1cn(CC(=O)O)c2ccc(Br)cc12. The molecule has 0 radical (unpaired) electrons. The van der Waals surface area contributed by atoms with Gasteiger partial charge in [-0.05, 0) is 30.7 Å². The highest BCUT2D eigenvalue weighted by Crippen LogP contribution is 2.24. The molecule has 1 aromatic carbocycles. The number of hydrogen-bond acceptors (Lipinski definition) is 1. The number of aryl methyl sites for hydroxylation is 1. The van der Waals surface area contributed by atoms with Crippen LogP contribution in [0.5, 0.6) is 0 Å². The summed E-state index contributed by atoms with van der Waals surface area (Å²) in [6, 6.07) is 5.85. The number of carboxylic acids is 1. The van der Waals surface area contributed by atoms with Crippen molar-refractivity contribution < 1.29 is 9.90 Å². The molecule has 0 spiro atoms. The van der Waals surface area contributed by atoms with Crippen LogP contribution in [0.4, 0.5) is 0 Å². The first kappa shape index (κ1) is 10.2. The number of fused-ring (bicyclic) bond motifs is 1. The zero-order chi connectivity index (χ0) is 11.0. The molecule has 2 rings (SSSR count). The Bertz CT molecular complexity index is 531. The van der Waals surface area contributed by atoms with Crippen LogP contribution in [-0.2, 0) is 11.3 Å². The van der Waals surface area contributed by atoms with Crippen molar-refractivity contribution in [3.8, 4) is 0 Å². The maximum Gasteiger partial charge on any atom is 0.323 e. The molecule has 0 fully saturated rings. The summed E-state index contributed by atoms with van der Waals surface area (Å²) in [6.45, 7) is 1.99. The van der Waals surface area contributed by atoms with Gasteiger partial charge >= 0.3 is 5.97 Å². The first-order chi connectivity index (χ1) is 7.08. The van der Waals surface area contributed by atoms with Gasteiger partial charge in [0, 0.05) is 21.6 Å². The van der Waals surface area contributed by atoms with E-state index in [4.69, 9.17) is 5.11 Å². The van der Waals surface area contributed by atoms with Gasteiger partial charge in [0.2, 0.25) is 0 Å². The minimum Gasteiger partial charge on any atom is -0.480 e. The maximum absolute atomic E-state index is 10.7. The van der Waals surface area contributed by atoms with Crippen LogP contribution in [0.2, 0.25) is 0 Å². The zero-order valence-electron chi connectivity index (χ0n) is 8.20. The number of halogens is 1. The van der Waals surface area contributed by atoms with Gasteiger partial charge in [0.15, 0.2) is 0 Å². The largest absolute Gasteiger partial charge is 0.480 e. The van der Waals surface area contributed by atoms with Crippen molar-refractivity contribution >= 4 is 32.8 Å². The van der Waals surface area contributed by atoms with Crippen LogP contribution in [0.1, 0.15) is 5.56 Å². The Morgan fingerprint density at radius 3 is 2.93 bits per heavy atom. The molecule has 0 aliphatic rings. The predicted molar refractivity (Wildman–Crippen MR) is 62.0 cm³/mol. The molecule has 2 aromatic rings. The Kier molecular flexibility index (Phi) is 2.52. The van der Waals surface area contributed by atoms with Crippen LogP contribution < -0.4 is 0 Å². The molecule has 4 heteroatoms. The molecule has 0 aliphatic carbocycles. The second kappa shape index (κ2) is 3.70. The van der Waals surface area contributed by atoms with Gasteiger partial charge in [-0.3, -0.25) is 4.79 Å². The van der Waals surface area contributed by atoms with E-state index in [0.717, 1.165) is 20.9 Å². The second-order valence-electron chi connectivity index (χ2n) is 3.50. The number of carboxylic acid groups (broad SMARTS) is 1. The summed E-state index contributed by atoms with van der Waals surface area (Å²) in [7, 11) is 0. The van der Waals surface area contributed by atoms with Gasteiger partial charge in [0.05, 0.1) is 0 Å². The van der Waals surface area contributed by atoms with Crippen molar-refractivity contribution in [2.75, 3.05) is 0 Å². The minimum atomic E-state index is -0.824. The molecule has 0 saturated carbocycles. The monoisotopic (exact) mass is 267 g/mol. The fourth-order valence-electron chi connectivity index (χ4n) is 1.72. The van der Waals surface area contributed by atoms with Gasteiger partial charge < -0.3 is 9.67 Å². The Morgan fingerprint density at radius 2 is 2.27 bits per heavy atom. The van der Waals surface area contributed by atoms with Crippen molar-refractivity contribution in [3.05, 3.63) is 34.4 Å². The van der Waals surface area contributed by atoms with Crippen molar-refractivity contribution in [2.24, 2.45) is 0 Å². The molecule has 15 heavy (non-hydrogen) atoms. The first-order valence-electron chi connectivity index (χ1n) is 4.55. The molecule has 1 aromatic heterocycles. The number of hydrogen-bond donors (Lipinski definition) is 1. The van der Waals surface area contributed by atoms with Gasteiger partial charge in [-0.1, -0.05) is 15.9 Å². The number of nitrogens with zero attached hydrogens (tertiary/aromatic N) is 1. The highest BCUT2D eigenvalue weighted by molar-refractivity contribution is 9.10. The Morgan fingerprint density at radius 1 is 1.53 bits per heavy atom. The third kappa shape index (κ3) is 1.90. The molecule has 1 heterocycles. The second-order valence-corrected chi connectivity index (χ2v) is 4.41. The van der Waals surface area contributed by atoms with Crippen LogP contribution in [0.25, 0.3) is 10.9 Å². The van der Waals surface area contributed by atoms with E-state index >= 15 is 0 Å². The van der Waals surface area contributed by atoms with E-state index < -0.39 is 5.97 Å². The lowest BCUT2D eigenvalue weighted by Gasteiger charge is -2.00. The van der Waals surface area contributed by atoms with Gasteiger partial charge in [-0.15, -0.1) is 0 Å². The van der Waals surface area contributed by atoms with Gasteiger partial charge in [-0.25, -0.2) is 0 Å². The molecule has 1 N–H and O–H groups in total. The van der Waals surface area contributed by atoms with E-state index in [0.29, 0.717) is 0 Å². The lowest BCUT2D eigenvalue weighted by Crippen LogP contribution is -2.07. The third-order valence-corrected chi connectivity index (χ3v) is 2.84. The Hall–Kier alpha value is -1.29. The maximum atomic E-state index is 10.7. The molecule has 0 bridgehead atoms. The average Bonchev–Trinajstić information content (AvgIpc) is 2.42. The lowest BCUT2D eigenvalue weighted by atomic mass is 10.2.